The number of carbonyl (C=O) groups excluding carboxylic acids is 3. The number of benzene rings is 2. The number of esters is 2. The Morgan fingerprint density at radius 2 is 1.72 bits per heavy atom. The molecule has 29 heavy (non-hydrogen) atoms. The van der Waals surface area contributed by atoms with Gasteiger partial charge in [-0.3, -0.25) is 4.79 Å². The number of halogens is 1. The van der Waals surface area contributed by atoms with E-state index in [9.17, 15) is 18.8 Å². The predicted molar refractivity (Wildman–Crippen MR) is 99.3 cm³/mol. The molecule has 0 atom stereocenters. The molecule has 0 radical (unpaired) electrons. The molecule has 8 heteroatoms. The highest BCUT2D eigenvalue weighted by Gasteiger charge is 2.49. The third kappa shape index (κ3) is 3.29. The van der Waals surface area contributed by atoms with Crippen molar-refractivity contribution in [2.45, 2.75) is 19.1 Å². The van der Waals surface area contributed by atoms with Crippen molar-refractivity contribution in [1.29, 1.82) is 0 Å². The number of nitrogens with zero attached hydrogens (tertiary/aromatic N) is 1. The van der Waals surface area contributed by atoms with Crippen LogP contribution in [0.3, 0.4) is 0 Å². The number of carbonyl (C=O) groups is 3. The fourth-order valence-electron chi connectivity index (χ4n) is 3.26. The van der Waals surface area contributed by atoms with E-state index in [-0.39, 0.29) is 17.4 Å². The Labute approximate surface area is 164 Å². The summed E-state index contributed by atoms with van der Waals surface area (Å²) in [6.45, 7) is 1.71. The molecule has 7 nitrogen and oxygen atoms in total. The van der Waals surface area contributed by atoms with Gasteiger partial charge in [-0.1, -0.05) is 30.3 Å². The Hall–Kier alpha value is -3.81. The average Bonchev–Trinajstić information content (AvgIpc) is 3.02. The van der Waals surface area contributed by atoms with Gasteiger partial charge in [0.25, 0.3) is 0 Å². The molecule has 2 aromatic carbocycles. The van der Waals surface area contributed by atoms with E-state index < -0.39 is 29.3 Å². The van der Waals surface area contributed by atoms with Crippen LogP contribution in [0.2, 0.25) is 0 Å². The fraction of sp³-hybridized carbons (Fsp3) is 0.143. The van der Waals surface area contributed by atoms with Crippen molar-refractivity contribution in [3.8, 4) is 0 Å². The quantitative estimate of drug-likeness (QED) is 0.540. The minimum atomic E-state index is -2.28. The van der Waals surface area contributed by atoms with Crippen LogP contribution >= 0.6 is 0 Å². The van der Waals surface area contributed by atoms with Gasteiger partial charge in [0.05, 0.1) is 18.4 Å². The molecule has 0 aliphatic carbocycles. The zero-order chi connectivity index (χ0) is 20.6. The Kier molecular flexibility index (Phi) is 4.46. The second kappa shape index (κ2) is 6.97. The number of imidazole rings is 1. The standard InChI is InChI=1S/C21H15FN2O5/c1-12-17(24-11-23-12)10-21(28-18(25)8-9-19(26)29-21)20(27)15-6-2-5-14-13(15)4-3-7-16(14)22/h2-9,11H,10H2,1H3,(H,23,24). The van der Waals surface area contributed by atoms with Gasteiger partial charge in [-0.05, 0) is 18.4 Å². The zero-order valence-corrected chi connectivity index (χ0v) is 15.3. The van der Waals surface area contributed by atoms with Crippen molar-refractivity contribution in [1.82, 2.24) is 9.97 Å². The van der Waals surface area contributed by atoms with Crippen LogP contribution in [0, 0.1) is 12.7 Å². The lowest BCUT2D eigenvalue weighted by Gasteiger charge is -2.29. The maximum atomic E-state index is 14.2. The van der Waals surface area contributed by atoms with E-state index in [4.69, 9.17) is 9.47 Å². The van der Waals surface area contributed by atoms with E-state index in [0.29, 0.717) is 16.8 Å². The normalized spacial score (nSPS) is 15.7. The van der Waals surface area contributed by atoms with Crippen molar-refractivity contribution < 1.29 is 28.2 Å². The van der Waals surface area contributed by atoms with Gasteiger partial charge in [0.2, 0.25) is 5.78 Å². The Balaban J connectivity index is 1.89. The molecular formula is C21H15FN2O5. The van der Waals surface area contributed by atoms with Gasteiger partial charge in [-0.2, -0.15) is 0 Å². The molecule has 0 amide bonds. The van der Waals surface area contributed by atoms with Crippen LogP contribution in [0.15, 0.2) is 54.9 Å². The number of cyclic esters (lactones) is 2. The first-order valence-electron chi connectivity index (χ1n) is 8.74. The molecule has 0 saturated heterocycles. The second-order valence-electron chi connectivity index (χ2n) is 6.55. The minimum Gasteiger partial charge on any atom is -0.411 e. The molecule has 1 aliphatic heterocycles. The maximum Gasteiger partial charge on any atom is 0.334 e. The lowest BCUT2D eigenvalue weighted by atomic mass is 9.93. The third-order valence-corrected chi connectivity index (χ3v) is 4.68. The number of ketones is 1. The number of rotatable bonds is 4. The summed E-state index contributed by atoms with van der Waals surface area (Å²) in [4.78, 5) is 44.8. The molecule has 1 aromatic heterocycles. The number of hydrogen-bond acceptors (Lipinski definition) is 6. The number of fused-ring (bicyclic) bond motifs is 1. The molecule has 0 spiro atoms. The number of aromatic amines is 1. The summed E-state index contributed by atoms with van der Waals surface area (Å²) in [7, 11) is 0. The van der Waals surface area contributed by atoms with Gasteiger partial charge < -0.3 is 14.5 Å². The molecule has 2 heterocycles. The number of ether oxygens (including phenoxy) is 2. The van der Waals surface area contributed by atoms with Gasteiger partial charge in [-0.25, -0.2) is 19.0 Å². The van der Waals surface area contributed by atoms with E-state index in [1.807, 2.05) is 0 Å². The molecule has 4 rings (SSSR count). The largest absolute Gasteiger partial charge is 0.411 e. The van der Waals surface area contributed by atoms with Crippen molar-refractivity contribution >= 4 is 28.5 Å². The summed E-state index contributed by atoms with van der Waals surface area (Å²) in [5.41, 5.74) is 1.05. The first-order valence-corrected chi connectivity index (χ1v) is 8.74. The van der Waals surface area contributed by atoms with Crippen LogP contribution in [0.1, 0.15) is 21.7 Å². The number of aryl methyl sites for hydroxylation is 1. The Morgan fingerprint density at radius 3 is 2.38 bits per heavy atom. The topological polar surface area (TPSA) is 98.4 Å². The van der Waals surface area contributed by atoms with E-state index in [1.54, 1.807) is 13.0 Å². The second-order valence-corrected chi connectivity index (χ2v) is 6.55. The molecule has 1 N–H and O–H groups in total. The number of nitrogens with one attached hydrogen (secondary N) is 1. The van der Waals surface area contributed by atoms with Crippen molar-refractivity contribution in [3.63, 3.8) is 0 Å². The number of aromatic nitrogens is 2. The highest BCUT2D eigenvalue weighted by Crippen LogP contribution is 2.31. The highest BCUT2D eigenvalue weighted by molar-refractivity contribution is 6.13. The fourth-order valence-corrected chi connectivity index (χ4v) is 3.26. The molecule has 146 valence electrons. The van der Waals surface area contributed by atoms with Gasteiger partial charge in [0.1, 0.15) is 5.82 Å². The first kappa shape index (κ1) is 18.5. The van der Waals surface area contributed by atoms with E-state index in [0.717, 1.165) is 12.2 Å². The number of Topliss-reactive ketones (excluding diaryl/α,β-unsaturated/α-hetero) is 1. The van der Waals surface area contributed by atoms with Crippen LogP contribution in [-0.4, -0.2) is 33.5 Å². The SMILES string of the molecule is Cc1[nH]cnc1CC1(C(=O)c2cccc3c(F)cccc23)OC(=O)C=CC(=O)O1. The average molecular weight is 394 g/mol. The zero-order valence-electron chi connectivity index (χ0n) is 15.3. The third-order valence-electron chi connectivity index (χ3n) is 4.68. The van der Waals surface area contributed by atoms with Crippen LogP contribution in [0.25, 0.3) is 10.8 Å². The monoisotopic (exact) mass is 394 g/mol. The summed E-state index contributed by atoms with van der Waals surface area (Å²) >= 11 is 0. The van der Waals surface area contributed by atoms with E-state index in [2.05, 4.69) is 9.97 Å². The number of hydrogen-bond donors (Lipinski definition) is 1. The summed E-state index contributed by atoms with van der Waals surface area (Å²) in [5, 5.41) is 0.522. The smallest absolute Gasteiger partial charge is 0.334 e. The van der Waals surface area contributed by atoms with Crippen molar-refractivity contribution in [2.75, 3.05) is 0 Å². The van der Waals surface area contributed by atoms with Crippen molar-refractivity contribution in [3.05, 3.63) is 77.6 Å². The molecule has 0 fully saturated rings. The first-order chi connectivity index (χ1) is 13.9. The van der Waals surface area contributed by atoms with Crippen LogP contribution in [0.5, 0.6) is 0 Å². The van der Waals surface area contributed by atoms with Crippen LogP contribution in [-0.2, 0) is 25.5 Å². The summed E-state index contributed by atoms with van der Waals surface area (Å²) in [6, 6.07) is 8.80. The Morgan fingerprint density at radius 1 is 1.07 bits per heavy atom. The molecule has 3 aromatic rings. The molecule has 0 bridgehead atoms. The van der Waals surface area contributed by atoms with Crippen LogP contribution in [0.4, 0.5) is 4.39 Å². The van der Waals surface area contributed by atoms with E-state index >= 15 is 0 Å². The van der Waals surface area contributed by atoms with Crippen LogP contribution < -0.4 is 0 Å². The molecule has 1 aliphatic rings. The molecular weight excluding hydrogens is 379 g/mol. The van der Waals surface area contributed by atoms with E-state index in [1.165, 1.54) is 36.7 Å². The summed E-state index contributed by atoms with van der Waals surface area (Å²) in [5.74, 6) is -5.40. The number of H-pyrrole nitrogens is 1. The minimum absolute atomic E-state index is 0.0534. The van der Waals surface area contributed by atoms with Gasteiger partial charge in [0.15, 0.2) is 0 Å². The van der Waals surface area contributed by atoms with Gasteiger partial charge >= 0.3 is 17.7 Å². The maximum absolute atomic E-state index is 14.2. The molecule has 0 saturated carbocycles. The predicted octanol–water partition coefficient (Wildman–Crippen LogP) is 2.79. The highest BCUT2D eigenvalue weighted by atomic mass is 19.1. The summed E-state index contributed by atoms with van der Waals surface area (Å²) in [6.07, 6.45) is 2.88. The van der Waals surface area contributed by atoms with Gasteiger partial charge in [-0.15, -0.1) is 0 Å². The molecule has 0 unspecified atom stereocenters. The van der Waals surface area contributed by atoms with Crippen molar-refractivity contribution in [2.24, 2.45) is 0 Å². The van der Waals surface area contributed by atoms with Gasteiger partial charge in [0, 0.05) is 28.8 Å². The lowest BCUT2D eigenvalue weighted by Crippen LogP contribution is -2.48. The Bertz CT molecular complexity index is 1160. The lowest BCUT2D eigenvalue weighted by molar-refractivity contribution is -0.201. The summed E-state index contributed by atoms with van der Waals surface area (Å²) < 4.78 is 24.9.